The predicted octanol–water partition coefficient (Wildman–Crippen LogP) is 4.70. The highest BCUT2D eigenvalue weighted by Crippen LogP contribution is 2.41. The maximum absolute atomic E-state index is 13.0. The van der Waals surface area contributed by atoms with Gasteiger partial charge in [-0.3, -0.25) is 14.8 Å². The Morgan fingerprint density at radius 3 is 2.57 bits per heavy atom. The number of aryl methyl sites for hydroxylation is 1. The van der Waals surface area contributed by atoms with Gasteiger partial charge in [-0.15, -0.1) is 0 Å². The molecular weight excluding hydrogens is 395 g/mol. The molecule has 4 aromatic rings. The molecule has 3 heterocycles. The van der Waals surface area contributed by atoms with Gasteiger partial charge in [-0.05, 0) is 36.8 Å². The molecule has 0 fully saturated rings. The van der Waals surface area contributed by atoms with Crippen molar-refractivity contribution in [2.45, 2.75) is 13.1 Å². The molecule has 0 aliphatic heterocycles. The number of hydrogen-bond acceptors (Lipinski definition) is 6. The van der Waals surface area contributed by atoms with Gasteiger partial charge >= 0.3 is 6.18 Å². The molecule has 0 saturated heterocycles. The van der Waals surface area contributed by atoms with Crippen LogP contribution in [0.1, 0.15) is 27.4 Å². The summed E-state index contributed by atoms with van der Waals surface area (Å²) in [6.07, 6.45) is 1.07. The van der Waals surface area contributed by atoms with Crippen molar-refractivity contribution in [2.24, 2.45) is 0 Å². The van der Waals surface area contributed by atoms with Gasteiger partial charge in [-0.1, -0.05) is 0 Å². The monoisotopic (exact) mass is 407 g/mol. The zero-order chi connectivity index (χ0) is 21.0. The zero-order valence-corrected chi connectivity index (χ0v) is 15.4. The Labute approximate surface area is 167 Å². The summed E-state index contributed by atoms with van der Waals surface area (Å²) in [5, 5.41) is 3.88. The lowest BCUT2D eigenvalue weighted by Gasteiger charge is -2.11. The van der Waals surface area contributed by atoms with Gasteiger partial charge in [0, 0.05) is 40.8 Å². The number of halogens is 3. The lowest BCUT2D eigenvalue weighted by atomic mass is 10.0. The fraction of sp³-hybridized carbons (Fsp3) is 0.0952. The quantitative estimate of drug-likeness (QED) is 0.457. The van der Waals surface area contributed by atoms with Crippen molar-refractivity contribution in [2.75, 3.05) is 5.32 Å². The van der Waals surface area contributed by atoms with Crippen molar-refractivity contribution in [3.8, 4) is 11.1 Å². The molecule has 1 aliphatic rings. The van der Waals surface area contributed by atoms with E-state index in [-0.39, 0.29) is 16.8 Å². The zero-order valence-electron chi connectivity index (χ0n) is 15.4. The largest absolute Gasteiger partial charge is 0.451 e. The SMILES string of the molecule is Cc1ccncc1Nc1ccc2ncc3c(c2c1)-c1cnc(C(F)(F)F)nc1C3=O. The van der Waals surface area contributed by atoms with E-state index in [1.54, 1.807) is 24.5 Å². The maximum atomic E-state index is 13.0. The van der Waals surface area contributed by atoms with Gasteiger partial charge in [0.15, 0.2) is 0 Å². The highest BCUT2D eigenvalue weighted by Gasteiger charge is 2.38. The van der Waals surface area contributed by atoms with Gasteiger partial charge in [0.1, 0.15) is 5.69 Å². The van der Waals surface area contributed by atoms with Crippen molar-refractivity contribution >= 4 is 28.1 Å². The minimum atomic E-state index is -4.73. The molecule has 30 heavy (non-hydrogen) atoms. The van der Waals surface area contributed by atoms with Gasteiger partial charge in [0.25, 0.3) is 0 Å². The summed E-state index contributed by atoms with van der Waals surface area (Å²) >= 11 is 0. The first kappa shape index (κ1) is 18.2. The predicted molar refractivity (Wildman–Crippen MR) is 103 cm³/mol. The number of nitrogens with zero attached hydrogens (tertiary/aromatic N) is 4. The lowest BCUT2D eigenvalue weighted by Crippen LogP contribution is -2.13. The van der Waals surface area contributed by atoms with Crippen LogP contribution in [-0.4, -0.2) is 25.7 Å². The Balaban J connectivity index is 1.67. The van der Waals surface area contributed by atoms with Crippen LogP contribution < -0.4 is 5.32 Å². The highest BCUT2D eigenvalue weighted by atomic mass is 19.4. The number of carbonyl (C=O) groups is 1. The van der Waals surface area contributed by atoms with Crippen molar-refractivity contribution in [3.63, 3.8) is 0 Å². The van der Waals surface area contributed by atoms with Gasteiger partial charge in [-0.2, -0.15) is 13.2 Å². The van der Waals surface area contributed by atoms with E-state index in [1.807, 2.05) is 19.1 Å². The molecule has 6 nitrogen and oxygen atoms in total. The van der Waals surface area contributed by atoms with Crippen molar-refractivity contribution in [3.05, 3.63) is 71.7 Å². The Morgan fingerprint density at radius 2 is 1.80 bits per heavy atom. The first-order valence-electron chi connectivity index (χ1n) is 8.92. The summed E-state index contributed by atoms with van der Waals surface area (Å²) in [6.45, 7) is 1.94. The molecule has 148 valence electrons. The second-order valence-electron chi connectivity index (χ2n) is 6.88. The van der Waals surface area contributed by atoms with E-state index < -0.39 is 17.8 Å². The number of fused-ring (bicyclic) bond motifs is 5. The van der Waals surface area contributed by atoms with Crippen molar-refractivity contribution in [1.29, 1.82) is 0 Å². The third-order valence-corrected chi connectivity index (χ3v) is 4.96. The molecule has 3 aromatic heterocycles. The summed E-state index contributed by atoms with van der Waals surface area (Å²) in [6, 6.07) is 7.27. The minimum absolute atomic E-state index is 0.209. The molecular formula is C21H12F3N5O. The van der Waals surface area contributed by atoms with Crippen molar-refractivity contribution < 1.29 is 18.0 Å². The molecule has 0 radical (unpaired) electrons. The van der Waals surface area contributed by atoms with Crippen LogP contribution in [0.4, 0.5) is 24.5 Å². The average Bonchev–Trinajstić information content (AvgIpc) is 3.01. The van der Waals surface area contributed by atoms with Crippen LogP contribution >= 0.6 is 0 Å². The second kappa shape index (κ2) is 6.31. The number of nitrogens with one attached hydrogen (secondary N) is 1. The Kier molecular flexibility index (Phi) is 3.82. The molecule has 9 heteroatoms. The summed E-state index contributed by atoms with van der Waals surface area (Å²) in [4.78, 5) is 28.0. The molecule has 1 aliphatic carbocycles. The normalized spacial score (nSPS) is 12.7. The third kappa shape index (κ3) is 2.78. The van der Waals surface area contributed by atoms with E-state index >= 15 is 0 Å². The van der Waals surface area contributed by atoms with Crippen LogP contribution in [0.5, 0.6) is 0 Å². The Bertz CT molecular complexity index is 1350. The number of pyridine rings is 2. The van der Waals surface area contributed by atoms with Gasteiger partial charge in [-0.25, -0.2) is 9.97 Å². The standard InChI is InChI=1S/C21H12F3N5O/c1-10-4-5-25-9-16(10)28-11-2-3-15-12(6-11)17-13-7-27-20(21(22,23)24)29-18(13)19(30)14(17)8-26-15/h2-9,28H,1H3. The number of alkyl halides is 3. The topological polar surface area (TPSA) is 80.7 Å². The number of rotatable bonds is 2. The van der Waals surface area contributed by atoms with E-state index in [0.29, 0.717) is 16.5 Å². The van der Waals surface area contributed by atoms with Gasteiger partial charge in [0.2, 0.25) is 11.6 Å². The first-order chi connectivity index (χ1) is 14.3. The van der Waals surface area contributed by atoms with Gasteiger partial charge < -0.3 is 5.32 Å². The molecule has 0 saturated carbocycles. The molecule has 0 spiro atoms. The molecule has 0 bridgehead atoms. The van der Waals surface area contributed by atoms with Gasteiger partial charge in [0.05, 0.1) is 23.0 Å². The molecule has 0 unspecified atom stereocenters. The minimum Gasteiger partial charge on any atom is -0.354 e. The van der Waals surface area contributed by atoms with Crippen LogP contribution in [0.3, 0.4) is 0 Å². The van der Waals surface area contributed by atoms with Crippen LogP contribution in [0.2, 0.25) is 0 Å². The number of carbonyl (C=O) groups excluding carboxylic acids is 1. The smallest absolute Gasteiger partial charge is 0.354 e. The molecule has 1 aromatic carbocycles. The maximum Gasteiger partial charge on any atom is 0.451 e. The average molecular weight is 407 g/mol. The number of aromatic nitrogens is 4. The molecule has 5 rings (SSSR count). The Hall–Kier alpha value is -3.88. The Morgan fingerprint density at radius 1 is 1.00 bits per heavy atom. The summed E-state index contributed by atoms with van der Waals surface area (Å²) in [5.74, 6) is -1.93. The summed E-state index contributed by atoms with van der Waals surface area (Å²) < 4.78 is 39.0. The van der Waals surface area contributed by atoms with E-state index in [2.05, 4.69) is 25.3 Å². The summed E-state index contributed by atoms with van der Waals surface area (Å²) in [5.41, 5.74) is 3.83. The molecule has 0 amide bonds. The van der Waals surface area contributed by atoms with Crippen LogP contribution in [-0.2, 0) is 6.18 Å². The number of anilines is 2. The summed E-state index contributed by atoms with van der Waals surface area (Å²) in [7, 11) is 0. The highest BCUT2D eigenvalue weighted by molar-refractivity contribution is 6.24. The number of benzene rings is 1. The first-order valence-corrected chi connectivity index (χ1v) is 8.92. The second-order valence-corrected chi connectivity index (χ2v) is 6.88. The number of hydrogen-bond donors (Lipinski definition) is 1. The number of ketones is 1. The van der Waals surface area contributed by atoms with E-state index in [9.17, 15) is 18.0 Å². The fourth-order valence-electron chi connectivity index (χ4n) is 3.49. The van der Waals surface area contributed by atoms with E-state index in [0.717, 1.165) is 23.1 Å². The molecule has 1 N–H and O–H groups in total. The van der Waals surface area contributed by atoms with Crippen LogP contribution in [0.15, 0.2) is 49.1 Å². The van der Waals surface area contributed by atoms with E-state index in [1.165, 1.54) is 6.20 Å². The van der Waals surface area contributed by atoms with Crippen LogP contribution in [0, 0.1) is 6.92 Å². The van der Waals surface area contributed by atoms with E-state index in [4.69, 9.17) is 0 Å². The van der Waals surface area contributed by atoms with Crippen molar-refractivity contribution in [1.82, 2.24) is 19.9 Å². The third-order valence-electron chi connectivity index (χ3n) is 4.96. The molecule has 0 atom stereocenters. The fourth-order valence-corrected chi connectivity index (χ4v) is 3.49. The lowest BCUT2D eigenvalue weighted by molar-refractivity contribution is -0.145. The van der Waals surface area contributed by atoms with Crippen LogP contribution in [0.25, 0.3) is 22.0 Å².